The zero-order chi connectivity index (χ0) is 16.8. The van der Waals surface area contributed by atoms with Crippen LogP contribution < -0.4 is 0 Å². The predicted molar refractivity (Wildman–Crippen MR) is 104 cm³/mol. The third-order valence-electron chi connectivity index (χ3n) is 4.96. The molecule has 22 heavy (non-hydrogen) atoms. The summed E-state index contributed by atoms with van der Waals surface area (Å²) in [5, 5.41) is 0. The van der Waals surface area contributed by atoms with E-state index in [4.69, 9.17) is 0 Å². The zero-order valence-electron chi connectivity index (χ0n) is 16.5. The molecule has 0 rings (SSSR count). The van der Waals surface area contributed by atoms with E-state index in [0.29, 0.717) is 0 Å². The van der Waals surface area contributed by atoms with Crippen molar-refractivity contribution < 1.29 is 0 Å². The molecule has 0 unspecified atom stereocenters. The molecule has 0 fully saturated rings. The minimum absolute atomic E-state index is 0.719. The summed E-state index contributed by atoms with van der Waals surface area (Å²) in [6.45, 7) is 20.4. The van der Waals surface area contributed by atoms with Crippen molar-refractivity contribution in [2.45, 2.75) is 85.8 Å². The van der Waals surface area contributed by atoms with Gasteiger partial charge in [0.25, 0.3) is 0 Å². The Morgan fingerprint density at radius 1 is 0.727 bits per heavy atom. The normalized spacial score (nSPS) is 11.9. The Morgan fingerprint density at radius 2 is 1.36 bits per heavy atom. The minimum atomic E-state index is -1.21. The summed E-state index contributed by atoms with van der Waals surface area (Å²) >= 11 is -1.21. The predicted octanol–water partition coefficient (Wildman–Crippen LogP) is 5.13. The van der Waals surface area contributed by atoms with Crippen LogP contribution in [0, 0.1) is 0 Å². The topological polar surface area (TPSA) is 6.48 Å². The Bertz CT molecular complexity index is 233. The fourth-order valence-electron chi connectivity index (χ4n) is 3.55. The molecule has 2 nitrogen and oxygen atoms in total. The molecule has 0 N–H and O–H groups in total. The van der Waals surface area contributed by atoms with Gasteiger partial charge in [-0.1, -0.05) is 0 Å². The first kappa shape index (κ1) is 22.8. The van der Waals surface area contributed by atoms with Crippen LogP contribution in [0.1, 0.15) is 67.2 Å². The van der Waals surface area contributed by atoms with Gasteiger partial charge in [-0.15, -0.1) is 0 Å². The molecule has 0 aromatic heterocycles. The zero-order valence-corrected chi connectivity index (χ0v) is 19.8. The van der Waals surface area contributed by atoms with Gasteiger partial charge in [0.05, 0.1) is 0 Å². The summed E-state index contributed by atoms with van der Waals surface area (Å²) in [6.07, 6.45) is 5.70. The van der Waals surface area contributed by atoms with Gasteiger partial charge in [-0.2, -0.15) is 0 Å². The Labute approximate surface area is 149 Å². The van der Waals surface area contributed by atoms with Gasteiger partial charge in [0, 0.05) is 0 Å². The van der Waals surface area contributed by atoms with Crippen LogP contribution >= 0.6 is 0 Å². The molecule has 0 amide bonds. The van der Waals surface area contributed by atoms with Crippen LogP contribution in [-0.4, -0.2) is 70.0 Å². The summed E-state index contributed by atoms with van der Waals surface area (Å²) in [4.78, 5) is 5.28. The van der Waals surface area contributed by atoms with Crippen molar-refractivity contribution in [1.29, 1.82) is 0 Å². The maximum atomic E-state index is 2.65. The fraction of sp³-hybridized carbons (Fsp3) is 1.00. The van der Waals surface area contributed by atoms with Crippen molar-refractivity contribution in [3.8, 4) is 0 Å². The second kappa shape index (κ2) is 15.3. The Morgan fingerprint density at radius 3 is 1.82 bits per heavy atom. The first-order valence-corrected chi connectivity index (χ1v) is 17.0. The first-order valence-electron chi connectivity index (χ1n) is 10.0. The average molecular weight is 414 g/mol. The monoisotopic (exact) mass is 414 g/mol. The summed E-state index contributed by atoms with van der Waals surface area (Å²) in [5.74, 6) is 0. The van der Waals surface area contributed by atoms with Gasteiger partial charge in [0.1, 0.15) is 0 Å². The summed E-state index contributed by atoms with van der Waals surface area (Å²) in [7, 11) is 0. The van der Waals surface area contributed by atoms with E-state index in [1.54, 1.807) is 12.5 Å². The molecule has 0 saturated heterocycles. The molecule has 0 aliphatic carbocycles. The van der Waals surface area contributed by atoms with E-state index in [0.717, 1.165) is 6.04 Å². The van der Waals surface area contributed by atoms with Crippen molar-refractivity contribution >= 4 is 21.4 Å². The van der Waals surface area contributed by atoms with E-state index in [9.17, 15) is 0 Å². The van der Waals surface area contributed by atoms with E-state index in [-0.39, 0.29) is 0 Å². The maximum absolute atomic E-state index is 2.65. The Hall–Kier alpha value is 0.790. The van der Waals surface area contributed by atoms with Gasteiger partial charge < -0.3 is 0 Å². The number of nitrogens with zero attached hydrogens (tertiary/aromatic N) is 2. The van der Waals surface area contributed by atoms with Crippen LogP contribution in [0.2, 0.25) is 12.5 Å². The Kier molecular flexibility index (Phi) is 15.9. The van der Waals surface area contributed by atoms with Crippen LogP contribution in [0.4, 0.5) is 0 Å². The molecule has 0 radical (unpaired) electrons. The summed E-state index contributed by atoms with van der Waals surface area (Å²) in [6, 6.07) is 0.719. The van der Waals surface area contributed by atoms with Crippen molar-refractivity contribution in [3.05, 3.63) is 0 Å². The van der Waals surface area contributed by atoms with E-state index in [2.05, 4.69) is 51.3 Å². The molecule has 132 valence electrons. The van der Waals surface area contributed by atoms with Crippen LogP contribution in [0.25, 0.3) is 0 Å². The molecule has 3 heteroatoms. The van der Waals surface area contributed by atoms with E-state index in [1.807, 2.05) is 0 Å². The quantitative estimate of drug-likeness (QED) is 0.366. The molecule has 0 aromatic carbocycles. The van der Waals surface area contributed by atoms with Gasteiger partial charge >= 0.3 is 150 Å². The second-order valence-electron chi connectivity index (χ2n) is 7.10. The number of hydrogen-bond acceptors (Lipinski definition) is 2. The molecule has 0 heterocycles. The van der Waals surface area contributed by atoms with Gasteiger partial charge in [0.2, 0.25) is 0 Å². The molecular formula is C19H43InN2. The van der Waals surface area contributed by atoms with Gasteiger partial charge in [-0.25, -0.2) is 0 Å². The first-order chi connectivity index (χ1) is 10.6. The third kappa shape index (κ3) is 11.3. The molecule has 0 spiro atoms. The fourth-order valence-corrected chi connectivity index (χ4v) is 12.7. The van der Waals surface area contributed by atoms with Gasteiger partial charge in [0.15, 0.2) is 0 Å². The van der Waals surface area contributed by atoms with Crippen molar-refractivity contribution in [1.82, 2.24) is 9.80 Å². The van der Waals surface area contributed by atoms with Crippen molar-refractivity contribution in [3.63, 3.8) is 0 Å². The molecule has 0 saturated carbocycles. The standard InChI is InChI=1S/2C8H18N.C3H7.In/c1-5-7-9(6-2)8(3)4;1-4-7-9(6-3)8-5-2;1-3-2;/h8H,1,5-7H2,2-4H3;1,4-8H2,2-3H3;1,3H2,2H3;. The third-order valence-corrected chi connectivity index (χ3v) is 15.9. The van der Waals surface area contributed by atoms with Crippen molar-refractivity contribution in [2.24, 2.45) is 0 Å². The molecule has 0 atom stereocenters. The Balaban J connectivity index is 3.99. The molecular weight excluding hydrogens is 371 g/mol. The van der Waals surface area contributed by atoms with Crippen molar-refractivity contribution in [2.75, 3.05) is 32.7 Å². The van der Waals surface area contributed by atoms with E-state index in [1.165, 1.54) is 58.4 Å². The molecule has 0 aliphatic heterocycles. The van der Waals surface area contributed by atoms with E-state index < -0.39 is 21.4 Å². The average Bonchev–Trinajstić information content (AvgIpc) is 2.50. The molecule has 0 aromatic rings. The number of hydrogen-bond donors (Lipinski definition) is 0. The van der Waals surface area contributed by atoms with Crippen LogP contribution in [-0.2, 0) is 0 Å². The van der Waals surface area contributed by atoms with Crippen LogP contribution in [0.5, 0.6) is 0 Å². The second-order valence-corrected chi connectivity index (χ2v) is 17.0. The van der Waals surface area contributed by atoms with Crippen LogP contribution in [0.3, 0.4) is 0 Å². The summed E-state index contributed by atoms with van der Waals surface area (Å²) in [5.41, 5.74) is 0. The summed E-state index contributed by atoms with van der Waals surface area (Å²) < 4.78 is 4.91. The SMILES string of the molecule is CCCN(CC)CC[CH2][In]([CH2]CC)[CH2]CCN(CC)C(C)C. The molecule has 0 aliphatic rings. The van der Waals surface area contributed by atoms with E-state index >= 15 is 0 Å². The molecule has 0 bridgehead atoms. The van der Waals surface area contributed by atoms with Gasteiger partial charge in [-0.3, -0.25) is 0 Å². The van der Waals surface area contributed by atoms with Crippen LogP contribution in [0.15, 0.2) is 0 Å². The van der Waals surface area contributed by atoms with Gasteiger partial charge in [-0.05, 0) is 0 Å². The number of rotatable bonds is 15.